The molecule has 0 atom stereocenters. The first kappa shape index (κ1) is 18.5. The second-order valence-electron chi connectivity index (χ2n) is 6.27. The summed E-state index contributed by atoms with van der Waals surface area (Å²) >= 11 is 0. The molecule has 0 heterocycles. The van der Waals surface area contributed by atoms with Crippen molar-refractivity contribution in [2.75, 3.05) is 29.1 Å². The van der Waals surface area contributed by atoms with Crippen molar-refractivity contribution in [3.8, 4) is 0 Å². The Morgan fingerprint density at radius 2 is 1.68 bits per heavy atom. The highest BCUT2D eigenvalue weighted by Crippen LogP contribution is 2.23. The van der Waals surface area contributed by atoms with Crippen molar-refractivity contribution in [2.24, 2.45) is 0 Å². The molecular formula is C20H25N3O2. The summed E-state index contributed by atoms with van der Waals surface area (Å²) in [5, 5.41) is 6.05. The number of carbonyl (C=O) groups excluding carboxylic acids is 2. The van der Waals surface area contributed by atoms with Crippen LogP contribution < -0.4 is 15.5 Å². The van der Waals surface area contributed by atoms with E-state index in [9.17, 15) is 9.59 Å². The lowest BCUT2D eigenvalue weighted by atomic mass is 10.0. The van der Waals surface area contributed by atoms with E-state index in [4.69, 9.17) is 0 Å². The Morgan fingerprint density at radius 1 is 1.04 bits per heavy atom. The zero-order chi connectivity index (χ0) is 18.4. The lowest BCUT2D eigenvalue weighted by molar-refractivity contribution is -0.116. The summed E-state index contributed by atoms with van der Waals surface area (Å²) in [5.41, 5.74) is 3.65. The number of hydrogen-bond donors (Lipinski definition) is 2. The van der Waals surface area contributed by atoms with Gasteiger partial charge in [0, 0.05) is 31.0 Å². The van der Waals surface area contributed by atoms with E-state index in [-0.39, 0.29) is 18.4 Å². The molecule has 2 rings (SSSR count). The molecule has 0 unspecified atom stereocenters. The van der Waals surface area contributed by atoms with Crippen molar-refractivity contribution in [1.29, 1.82) is 0 Å². The van der Waals surface area contributed by atoms with Gasteiger partial charge in [0.15, 0.2) is 0 Å². The normalized spacial score (nSPS) is 10.4. The van der Waals surface area contributed by atoms with Crippen molar-refractivity contribution in [3.05, 3.63) is 54.1 Å². The van der Waals surface area contributed by atoms with E-state index in [0.29, 0.717) is 11.6 Å². The van der Waals surface area contributed by atoms with Crippen LogP contribution >= 0.6 is 0 Å². The first-order chi connectivity index (χ1) is 11.9. The van der Waals surface area contributed by atoms with Crippen LogP contribution in [0.5, 0.6) is 0 Å². The minimum Gasteiger partial charge on any atom is -0.376 e. The van der Waals surface area contributed by atoms with E-state index in [1.807, 2.05) is 18.2 Å². The molecule has 5 heteroatoms. The maximum Gasteiger partial charge on any atom is 0.243 e. The quantitative estimate of drug-likeness (QED) is 0.840. The van der Waals surface area contributed by atoms with Gasteiger partial charge < -0.3 is 15.5 Å². The number of para-hydroxylation sites is 1. The highest BCUT2D eigenvalue weighted by atomic mass is 16.2. The highest BCUT2D eigenvalue weighted by Gasteiger charge is 2.09. The number of carbonyl (C=O) groups is 2. The molecule has 0 saturated carbocycles. The average Bonchev–Trinajstić information content (AvgIpc) is 2.60. The molecule has 25 heavy (non-hydrogen) atoms. The summed E-state index contributed by atoms with van der Waals surface area (Å²) < 4.78 is 0. The van der Waals surface area contributed by atoms with Gasteiger partial charge in [-0.15, -0.1) is 0 Å². The standard InChI is InChI=1S/C20H25N3O2/c1-14(2)18-7-5-6-8-19(18)21-13-20(25)22-16-9-11-17(12-10-16)23(4)15(3)24/h5-12,14,21H,13H2,1-4H3,(H,22,25). The first-order valence-electron chi connectivity index (χ1n) is 8.35. The van der Waals surface area contributed by atoms with Gasteiger partial charge in [-0.3, -0.25) is 9.59 Å². The van der Waals surface area contributed by atoms with Crippen LogP contribution in [0.1, 0.15) is 32.3 Å². The third-order valence-electron chi connectivity index (χ3n) is 4.03. The zero-order valence-corrected chi connectivity index (χ0v) is 15.2. The van der Waals surface area contributed by atoms with Gasteiger partial charge in [0.05, 0.1) is 6.54 Å². The molecule has 0 radical (unpaired) electrons. The van der Waals surface area contributed by atoms with Gasteiger partial charge in [-0.25, -0.2) is 0 Å². The molecular weight excluding hydrogens is 314 g/mol. The van der Waals surface area contributed by atoms with Crippen LogP contribution in [0.4, 0.5) is 17.1 Å². The maximum absolute atomic E-state index is 12.2. The number of rotatable bonds is 6. The average molecular weight is 339 g/mol. The number of amides is 2. The molecule has 0 aliphatic carbocycles. The Kier molecular flexibility index (Phi) is 6.17. The predicted octanol–water partition coefficient (Wildman–Crippen LogP) is 3.84. The molecule has 132 valence electrons. The van der Waals surface area contributed by atoms with Crippen LogP contribution in [0.3, 0.4) is 0 Å². The number of anilines is 3. The molecule has 2 aromatic rings. The predicted molar refractivity (Wildman–Crippen MR) is 103 cm³/mol. The van der Waals surface area contributed by atoms with Gasteiger partial charge in [-0.2, -0.15) is 0 Å². The Bertz CT molecular complexity index is 739. The number of hydrogen-bond acceptors (Lipinski definition) is 3. The van der Waals surface area contributed by atoms with Crippen LogP contribution in [0.2, 0.25) is 0 Å². The summed E-state index contributed by atoms with van der Waals surface area (Å²) in [6.45, 7) is 5.95. The Hall–Kier alpha value is -2.82. The fourth-order valence-electron chi connectivity index (χ4n) is 2.49. The van der Waals surface area contributed by atoms with Gasteiger partial charge >= 0.3 is 0 Å². The van der Waals surface area contributed by atoms with Crippen LogP contribution in [-0.2, 0) is 9.59 Å². The second-order valence-corrected chi connectivity index (χ2v) is 6.27. The molecule has 2 amide bonds. The molecule has 0 aliphatic heterocycles. The topological polar surface area (TPSA) is 61.4 Å². The monoisotopic (exact) mass is 339 g/mol. The van der Waals surface area contributed by atoms with E-state index in [1.165, 1.54) is 12.5 Å². The van der Waals surface area contributed by atoms with Gasteiger partial charge in [-0.05, 0) is 41.8 Å². The minimum absolute atomic E-state index is 0.0372. The third-order valence-corrected chi connectivity index (χ3v) is 4.03. The van der Waals surface area contributed by atoms with Gasteiger partial charge in [0.25, 0.3) is 0 Å². The molecule has 2 aromatic carbocycles. The number of nitrogens with zero attached hydrogens (tertiary/aromatic N) is 1. The number of nitrogens with one attached hydrogen (secondary N) is 2. The first-order valence-corrected chi connectivity index (χ1v) is 8.35. The van der Waals surface area contributed by atoms with Crippen molar-refractivity contribution < 1.29 is 9.59 Å². The van der Waals surface area contributed by atoms with E-state index >= 15 is 0 Å². The second kappa shape index (κ2) is 8.33. The Balaban J connectivity index is 1.94. The van der Waals surface area contributed by atoms with E-state index < -0.39 is 0 Å². The molecule has 0 spiro atoms. The SMILES string of the molecule is CC(=O)N(C)c1ccc(NC(=O)CNc2ccccc2C(C)C)cc1. The van der Waals surface area contributed by atoms with Crippen molar-refractivity contribution >= 4 is 28.9 Å². The van der Waals surface area contributed by atoms with Crippen molar-refractivity contribution in [2.45, 2.75) is 26.7 Å². The molecule has 0 bridgehead atoms. The van der Waals surface area contributed by atoms with Crippen LogP contribution in [0, 0.1) is 0 Å². The molecule has 5 nitrogen and oxygen atoms in total. The van der Waals surface area contributed by atoms with E-state index in [2.05, 4.69) is 30.5 Å². The Morgan fingerprint density at radius 3 is 2.28 bits per heavy atom. The van der Waals surface area contributed by atoms with Gasteiger partial charge in [-0.1, -0.05) is 32.0 Å². The maximum atomic E-state index is 12.2. The van der Waals surface area contributed by atoms with E-state index in [0.717, 1.165) is 11.4 Å². The molecule has 0 aliphatic rings. The summed E-state index contributed by atoms with van der Waals surface area (Å²) in [6, 6.07) is 15.2. The molecule has 0 saturated heterocycles. The highest BCUT2D eigenvalue weighted by molar-refractivity contribution is 5.95. The minimum atomic E-state index is -0.119. The third kappa shape index (κ3) is 5.08. The lowest BCUT2D eigenvalue weighted by Crippen LogP contribution is -2.23. The van der Waals surface area contributed by atoms with Gasteiger partial charge in [0.1, 0.15) is 0 Å². The lowest BCUT2D eigenvalue weighted by Gasteiger charge is -2.16. The summed E-state index contributed by atoms with van der Waals surface area (Å²) in [4.78, 5) is 25.1. The van der Waals surface area contributed by atoms with Crippen LogP contribution in [-0.4, -0.2) is 25.4 Å². The summed E-state index contributed by atoms with van der Waals surface area (Å²) in [7, 11) is 1.71. The van der Waals surface area contributed by atoms with Crippen molar-refractivity contribution in [1.82, 2.24) is 0 Å². The van der Waals surface area contributed by atoms with Crippen LogP contribution in [0.25, 0.3) is 0 Å². The summed E-state index contributed by atoms with van der Waals surface area (Å²) in [5.74, 6) is 0.230. The summed E-state index contributed by atoms with van der Waals surface area (Å²) in [6.07, 6.45) is 0. The van der Waals surface area contributed by atoms with Crippen molar-refractivity contribution in [3.63, 3.8) is 0 Å². The zero-order valence-electron chi connectivity index (χ0n) is 15.2. The van der Waals surface area contributed by atoms with E-state index in [1.54, 1.807) is 36.2 Å². The smallest absolute Gasteiger partial charge is 0.243 e. The molecule has 2 N–H and O–H groups in total. The fraction of sp³-hybridized carbons (Fsp3) is 0.300. The molecule has 0 fully saturated rings. The fourth-order valence-corrected chi connectivity index (χ4v) is 2.49. The molecule has 0 aromatic heterocycles. The largest absolute Gasteiger partial charge is 0.376 e. The van der Waals surface area contributed by atoms with Crippen LogP contribution in [0.15, 0.2) is 48.5 Å². The number of benzene rings is 2. The Labute approximate surface area is 149 Å². The van der Waals surface area contributed by atoms with Gasteiger partial charge in [0.2, 0.25) is 11.8 Å².